The maximum Gasteiger partial charge on any atom is 0.333 e. The maximum atomic E-state index is 15.6. The molecule has 274 valence electrons. The molecule has 2 saturated heterocycles. The third-order valence-corrected chi connectivity index (χ3v) is 11.8. The van der Waals surface area contributed by atoms with Crippen molar-refractivity contribution in [2.45, 2.75) is 31.0 Å². The second-order valence-electron chi connectivity index (χ2n) is 14.3. The van der Waals surface area contributed by atoms with Crippen LogP contribution in [-0.2, 0) is 23.7 Å². The minimum Gasteiger partial charge on any atom is -0.454 e. The number of benzene rings is 4. The molecular weight excluding hydrogens is 706 g/mol. The number of urea groups is 1. The van der Waals surface area contributed by atoms with Gasteiger partial charge in [0.15, 0.2) is 11.6 Å². The lowest BCUT2D eigenvalue weighted by atomic mass is 9.52. The van der Waals surface area contributed by atoms with Crippen molar-refractivity contribution in [1.82, 2.24) is 18.9 Å². The quantitative estimate of drug-likeness (QED) is 0.221. The third kappa shape index (κ3) is 4.84. The molecule has 3 aliphatic rings. The number of halogens is 1. The lowest BCUT2D eigenvalue weighted by Gasteiger charge is -2.63. The highest BCUT2D eigenvalue weighted by Crippen LogP contribution is 2.65. The van der Waals surface area contributed by atoms with Crippen molar-refractivity contribution >= 4 is 35.1 Å². The Morgan fingerprint density at radius 2 is 1.20 bits per heavy atom. The highest BCUT2D eigenvalue weighted by Gasteiger charge is 2.73. The van der Waals surface area contributed by atoms with Gasteiger partial charge in [0.1, 0.15) is 0 Å². The second kappa shape index (κ2) is 12.9. The number of barbiturate groups is 1. The highest BCUT2D eigenvalue weighted by atomic mass is 35.5. The van der Waals surface area contributed by atoms with Gasteiger partial charge >= 0.3 is 11.7 Å². The lowest BCUT2D eigenvalue weighted by Crippen LogP contribution is -2.75. The normalized spacial score (nSPS) is 23.3. The van der Waals surface area contributed by atoms with Gasteiger partial charge in [0.25, 0.3) is 5.56 Å². The van der Waals surface area contributed by atoms with E-state index in [2.05, 4.69) is 0 Å². The van der Waals surface area contributed by atoms with Crippen molar-refractivity contribution in [1.29, 1.82) is 0 Å². The van der Waals surface area contributed by atoms with Crippen molar-refractivity contribution in [2.24, 2.45) is 25.4 Å². The summed E-state index contributed by atoms with van der Waals surface area (Å²) in [7, 11) is 5.79. The summed E-state index contributed by atoms with van der Waals surface area (Å²) in [5, 5.41) is 0.445. The summed E-state index contributed by atoms with van der Waals surface area (Å²) < 4.78 is 9.49. The van der Waals surface area contributed by atoms with E-state index < -0.39 is 64.5 Å². The topological polar surface area (TPSA) is 114 Å². The minimum absolute atomic E-state index is 0.0973. The van der Waals surface area contributed by atoms with Crippen LogP contribution in [0.3, 0.4) is 0 Å². The third-order valence-electron chi connectivity index (χ3n) is 11.5. The van der Waals surface area contributed by atoms with Crippen molar-refractivity contribution in [2.75, 3.05) is 19.0 Å². The number of imide groups is 2. The van der Waals surface area contributed by atoms with Gasteiger partial charge in [-0.05, 0) is 47.4 Å². The molecule has 0 N–H and O–H groups in total. The number of rotatable bonds is 4. The van der Waals surface area contributed by atoms with Crippen LogP contribution in [0, 0.1) is 18.3 Å². The molecule has 2 fully saturated rings. The van der Waals surface area contributed by atoms with Gasteiger partial charge in [0.05, 0.1) is 11.6 Å². The Balaban J connectivity index is 1.60. The number of aromatic nitrogens is 2. The van der Waals surface area contributed by atoms with E-state index in [4.69, 9.17) is 16.3 Å². The number of aryl methyl sites for hydroxylation is 1. The number of piperidine rings is 1. The van der Waals surface area contributed by atoms with E-state index in [0.29, 0.717) is 21.8 Å². The molecule has 0 unspecified atom stereocenters. The van der Waals surface area contributed by atoms with Crippen LogP contribution in [0.2, 0.25) is 5.02 Å². The Morgan fingerprint density at radius 3 is 1.80 bits per heavy atom. The van der Waals surface area contributed by atoms with Crippen LogP contribution >= 0.6 is 11.6 Å². The predicted molar refractivity (Wildman–Crippen MR) is 204 cm³/mol. The van der Waals surface area contributed by atoms with Crippen LogP contribution in [0.15, 0.2) is 119 Å². The number of carbonyl (C=O) groups is 3. The van der Waals surface area contributed by atoms with E-state index >= 15 is 9.59 Å². The Labute approximate surface area is 316 Å². The number of para-hydroxylation sites is 1. The van der Waals surface area contributed by atoms with Gasteiger partial charge in [-0.3, -0.25) is 33.3 Å². The molecule has 5 atom stereocenters. The van der Waals surface area contributed by atoms with E-state index in [-0.39, 0.29) is 11.4 Å². The Morgan fingerprint density at radius 1 is 0.648 bits per heavy atom. The standard InChI is InChI=1S/C42H38ClN5O6/c1-24-14-12-13-19-29(24)48-34(27-17-10-7-11-18-27)42(38(50)46(4)41(53)47(5)39(42)51)33(26-20-22-28(43)23-21-26)31-30(25-15-8-6-9-16-25)32-35(49)44(2)40(52)45(3)36(32)54-37(31)48/h6-23,30-31,33-34,37H,1-5H3/t30-,31+,33+,34+,37+/m0/s1. The Hall–Kier alpha value is -5.94. The summed E-state index contributed by atoms with van der Waals surface area (Å²) in [5.74, 6) is -3.97. The van der Waals surface area contributed by atoms with E-state index in [0.717, 1.165) is 25.5 Å². The molecule has 8 rings (SSSR count). The number of ether oxygens (including phenoxy) is 1. The number of nitrogens with zero attached hydrogens (tertiary/aromatic N) is 5. The van der Waals surface area contributed by atoms with Crippen LogP contribution in [0.5, 0.6) is 5.88 Å². The number of carbonyl (C=O) groups excluding carboxylic acids is 3. The number of hydrogen-bond acceptors (Lipinski definition) is 7. The van der Waals surface area contributed by atoms with Gasteiger partial charge in [0.2, 0.25) is 17.7 Å². The fraction of sp³-hybridized carbons (Fsp3) is 0.262. The Bertz CT molecular complexity index is 2420. The summed E-state index contributed by atoms with van der Waals surface area (Å²) in [5.41, 5.74) is 0.518. The average molecular weight is 744 g/mol. The maximum absolute atomic E-state index is 15.6. The molecule has 3 aliphatic heterocycles. The number of fused-ring (bicyclic) bond motifs is 2. The van der Waals surface area contributed by atoms with Crippen LogP contribution in [-0.4, -0.2) is 57.1 Å². The van der Waals surface area contributed by atoms with Gasteiger partial charge in [-0.25, -0.2) is 9.59 Å². The van der Waals surface area contributed by atoms with E-state index in [1.807, 2.05) is 96.8 Å². The molecular formula is C42H38ClN5O6. The van der Waals surface area contributed by atoms with E-state index in [1.165, 1.54) is 25.7 Å². The average Bonchev–Trinajstić information content (AvgIpc) is 3.20. The number of amides is 4. The largest absolute Gasteiger partial charge is 0.454 e. The zero-order chi connectivity index (χ0) is 38.2. The molecule has 11 nitrogen and oxygen atoms in total. The molecule has 0 bridgehead atoms. The van der Waals surface area contributed by atoms with E-state index in [1.54, 1.807) is 31.3 Å². The molecule has 4 heterocycles. The SMILES string of the molecule is Cc1ccccc1N1[C@@H]2Oc3c(c(=O)n(C)c(=O)n3C)[C@@H](c3ccccc3)[C@@H]2[C@@H](c2ccc(Cl)cc2)C2(C(=O)N(C)C(=O)N(C)C2=O)[C@H]1c1ccccc1. The van der Waals surface area contributed by atoms with Crippen LogP contribution in [0.25, 0.3) is 0 Å². The minimum atomic E-state index is -2.02. The smallest absolute Gasteiger partial charge is 0.333 e. The van der Waals surface area contributed by atoms with Crippen molar-refractivity contribution in [3.05, 3.63) is 163 Å². The lowest BCUT2D eigenvalue weighted by molar-refractivity contribution is -0.169. The van der Waals surface area contributed by atoms with Gasteiger partial charge in [-0.1, -0.05) is 103 Å². The van der Waals surface area contributed by atoms with Crippen molar-refractivity contribution in [3.63, 3.8) is 0 Å². The predicted octanol–water partition coefficient (Wildman–Crippen LogP) is 5.59. The van der Waals surface area contributed by atoms with E-state index in [9.17, 15) is 14.4 Å². The first-order valence-corrected chi connectivity index (χ1v) is 18.0. The fourth-order valence-electron chi connectivity index (χ4n) is 9.19. The zero-order valence-electron chi connectivity index (χ0n) is 30.3. The molecule has 12 heteroatoms. The molecule has 1 aromatic heterocycles. The van der Waals surface area contributed by atoms with Gasteiger partial charge in [-0.2, -0.15) is 0 Å². The molecule has 5 aromatic rings. The fourth-order valence-corrected chi connectivity index (χ4v) is 9.31. The first-order chi connectivity index (χ1) is 25.9. The molecule has 1 spiro atoms. The van der Waals surface area contributed by atoms with Gasteiger partial charge in [0, 0.05) is 56.7 Å². The monoisotopic (exact) mass is 743 g/mol. The zero-order valence-corrected chi connectivity index (χ0v) is 31.1. The summed E-state index contributed by atoms with van der Waals surface area (Å²) in [4.78, 5) is 77.0. The number of hydrogen-bond donors (Lipinski definition) is 0. The molecule has 0 aliphatic carbocycles. The first-order valence-electron chi connectivity index (χ1n) is 17.7. The summed E-state index contributed by atoms with van der Waals surface area (Å²) in [6, 6.07) is 31.5. The summed E-state index contributed by atoms with van der Waals surface area (Å²) in [6.07, 6.45) is -0.980. The van der Waals surface area contributed by atoms with Crippen molar-refractivity contribution < 1.29 is 19.1 Å². The van der Waals surface area contributed by atoms with Crippen LogP contribution < -0.4 is 20.9 Å². The number of anilines is 1. The molecule has 4 aromatic carbocycles. The molecule has 0 saturated carbocycles. The van der Waals surface area contributed by atoms with Crippen molar-refractivity contribution in [3.8, 4) is 5.88 Å². The molecule has 0 radical (unpaired) electrons. The van der Waals surface area contributed by atoms with Gasteiger partial charge < -0.3 is 9.64 Å². The first kappa shape index (κ1) is 35.1. The van der Waals surface area contributed by atoms with Crippen LogP contribution in [0.1, 0.15) is 45.7 Å². The highest BCUT2D eigenvalue weighted by molar-refractivity contribution is 6.30. The summed E-state index contributed by atoms with van der Waals surface area (Å²) >= 11 is 6.49. The molecule has 54 heavy (non-hydrogen) atoms. The second-order valence-corrected chi connectivity index (χ2v) is 14.8. The summed E-state index contributed by atoms with van der Waals surface area (Å²) in [6.45, 7) is 1.94. The van der Waals surface area contributed by atoms with Crippen LogP contribution in [0.4, 0.5) is 10.5 Å². The Kier molecular flexibility index (Phi) is 8.37. The van der Waals surface area contributed by atoms with Gasteiger partial charge in [-0.15, -0.1) is 0 Å². The molecule has 4 amide bonds.